The normalized spacial score (nSPS) is 9.78. The minimum atomic E-state index is -2.07. The molecule has 2 aromatic rings. The maximum atomic E-state index is 9.04. The third-order valence-corrected chi connectivity index (χ3v) is 4.13. The van der Waals surface area contributed by atoms with Gasteiger partial charge in [0.15, 0.2) is 17.5 Å². The molecule has 0 spiro atoms. The summed E-state index contributed by atoms with van der Waals surface area (Å²) in [4.78, 5) is 18.0. The van der Waals surface area contributed by atoms with E-state index in [1.165, 1.54) is 0 Å². The Balaban J connectivity index is 0.000000527. The Labute approximate surface area is 166 Å². The van der Waals surface area contributed by atoms with Crippen molar-refractivity contribution in [2.75, 3.05) is 14.2 Å². The number of carbonyl (C=O) groups excluding carboxylic acids is 1. The third kappa shape index (κ3) is 7.34. The Morgan fingerprint density at radius 2 is 1.74 bits per heavy atom. The van der Waals surface area contributed by atoms with Crippen molar-refractivity contribution in [3.05, 3.63) is 57.6 Å². The van der Waals surface area contributed by atoms with E-state index in [9.17, 15) is 0 Å². The van der Waals surface area contributed by atoms with Gasteiger partial charge in [0.2, 0.25) is 0 Å². The average molecular weight is 416 g/mol. The van der Waals surface area contributed by atoms with Gasteiger partial charge >= 0.3 is 5.97 Å². The number of nitrogens with two attached hydrogens (primary N) is 1. The lowest BCUT2D eigenvalue weighted by Gasteiger charge is -2.11. The van der Waals surface area contributed by atoms with Crippen LogP contribution in [0.3, 0.4) is 0 Å². The summed E-state index contributed by atoms with van der Waals surface area (Å²) in [5, 5.41) is 19.7. The molecule has 0 radical (unpaired) electrons. The van der Waals surface area contributed by atoms with Crippen molar-refractivity contribution in [3.63, 3.8) is 0 Å². The molecule has 0 aliphatic heterocycles. The van der Waals surface area contributed by atoms with E-state index < -0.39 is 11.9 Å². The summed E-state index contributed by atoms with van der Waals surface area (Å²) in [7, 11) is 3.29. The van der Waals surface area contributed by atoms with Gasteiger partial charge in [0.05, 0.1) is 29.8 Å². The molecule has 3 N–H and O–H groups in total. The highest BCUT2D eigenvalue weighted by molar-refractivity contribution is 6.42. The van der Waals surface area contributed by atoms with Crippen molar-refractivity contribution in [2.24, 2.45) is 0 Å². The second-order valence-electron chi connectivity index (χ2n) is 5.19. The first-order chi connectivity index (χ1) is 12.8. The lowest BCUT2D eigenvalue weighted by molar-refractivity contribution is -0.686. The summed E-state index contributed by atoms with van der Waals surface area (Å²) in [6.07, 6.45) is 0. The quantitative estimate of drug-likeness (QED) is 0.682. The van der Waals surface area contributed by atoms with E-state index in [2.05, 4.69) is 5.32 Å². The van der Waals surface area contributed by atoms with Crippen LogP contribution in [0.5, 0.6) is 11.5 Å². The first-order valence-corrected chi connectivity index (χ1v) is 8.45. The molecule has 0 aromatic heterocycles. The van der Waals surface area contributed by atoms with E-state index in [4.69, 9.17) is 52.5 Å². The molecule has 0 aliphatic rings. The zero-order valence-corrected chi connectivity index (χ0v) is 16.2. The number of carbonyl (C=O) groups is 2. The van der Waals surface area contributed by atoms with Gasteiger partial charge in [0.1, 0.15) is 13.1 Å². The number of benzene rings is 2. The number of carboxylic acids is 2. The standard InChI is InChI=1S/C16H17Cl2NO2.C2H2O4/c1-20-15-5-3-4-12(16(15)21-2)10-19-9-11-6-7-13(17)14(18)8-11;3-1(4)2(5)6/h3-8,19H,9-10H2,1-2H3;(H,3,4)(H,5,6). The SMILES string of the molecule is COc1cccc(C[NH2+]Cc2ccc(Cl)c(Cl)c2)c1OC.O=C([O-])C(=O)O. The lowest BCUT2D eigenvalue weighted by Crippen LogP contribution is -2.80. The van der Waals surface area contributed by atoms with Crippen LogP contribution in [-0.2, 0) is 22.7 Å². The number of aliphatic carboxylic acids is 2. The summed E-state index contributed by atoms with van der Waals surface area (Å²) in [6, 6.07) is 11.6. The van der Waals surface area contributed by atoms with Crippen LogP contribution in [0.25, 0.3) is 0 Å². The molecule has 0 aliphatic carbocycles. The summed E-state index contributed by atoms with van der Waals surface area (Å²) in [5.41, 5.74) is 2.23. The fourth-order valence-electron chi connectivity index (χ4n) is 2.18. The number of methoxy groups -OCH3 is 2. The van der Waals surface area contributed by atoms with Crippen molar-refractivity contribution in [1.82, 2.24) is 0 Å². The van der Waals surface area contributed by atoms with Crippen LogP contribution >= 0.6 is 23.2 Å². The van der Waals surface area contributed by atoms with E-state index >= 15 is 0 Å². The highest BCUT2D eigenvalue weighted by atomic mass is 35.5. The summed E-state index contributed by atoms with van der Waals surface area (Å²) >= 11 is 11.9. The van der Waals surface area contributed by atoms with E-state index in [0.29, 0.717) is 10.0 Å². The first-order valence-electron chi connectivity index (χ1n) is 7.69. The van der Waals surface area contributed by atoms with E-state index in [1.807, 2.05) is 36.4 Å². The molecule has 0 fully saturated rings. The topological polar surface area (TPSA) is 113 Å². The predicted molar refractivity (Wildman–Crippen MR) is 98.0 cm³/mol. The third-order valence-electron chi connectivity index (χ3n) is 3.39. The van der Waals surface area contributed by atoms with Crippen molar-refractivity contribution in [2.45, 2.75) is 13.1 Å². The van der Waals surface area contributed by atoms with Crippen molar-refractivity contribution < 1.29 is 34.6 Å². The molecule has 0 bridgehead atoms. The zero-order valence-electron chi connectivity index (χ0n) is 14.7. The van der Waals surface area contributed by atoms with Gasteiger partial charge in [-0.2, -0.15) is 0 Å². The van der Waals surface area contributed by atoms with Crippen LogP contribution in [0, 0.1) is 0 Å². The van der Waals surface area contributed by atoms with Crippen molar-refractivity contribution >= 4 is 35.1 Å². The Kier molecular flexibility index (Phi) is 9.42. The van der Waals surface area contributed by atoms with E-state index in [0.717, 1.165) is 35.7 Å². The molecule has 0 atom stereocenters. The fourth-order valence-corrected chi connectivity index (χ4v) is 2.50. The van der Waals surface area contributed by atoms with Crippen LogP contribution in [-0.4, -0.2) is 31.3 Å². The summed E-state index contributed by atoms with van der Waals surface area (Å²) in [6.45, 7) is 1.61. The van der Waals surface area contributed by atoms with E-state index in [-0.39, 0.29) is 0 Å². The first kappa shape index (κ1) is 22.6. The van der Waals surface area contributed by atoms with E-state index in [1.54, 1.807) is 14.2 Å². The minimum Gasteiger partial charge on any atom is -0.539 e. The lowest BCUT2D eigenvalue weighted by atomic mass is 10.1. The highest BCUT2D eigenvalue weighted by Gasteiger charge is 2.10. The van der Waals surface area contributed by atoms with Gasteiger partial charge < -0.3 is 29.8 Å². The van der Waals surface area contributed by atoms with Gasteiger partial charge in [-0.25, -0.2) is 4.79 Å². The van der Waals surface area contributed by atoms with Gasteiger partial charge in [-0.3, -0.25) is 0 Å². The molecule has 146 valence electrons. The number of carboxylic acid groups (broad SMARTS) is 2. The molecular weight excluding hydrogens is 397 g/mol. The molecule has 0 unspecified atom stereocenters. The number of hydrogen-bond donors (Lipinski definition) is 2. The highest BCUT2D eigenvalue weighted by Crippen LogP contribution is 2.30. The molecule has 0 saturated carbocycles. The maximum absolute atomic E-state index is 9.04. The number of rotatable bonds is 6. The van der Waals surface area contributed by atoms with Crippen molar-refractivity contribution in [1.29, 1.82) is 0 Å². The van der Waals surface area contributed by atoms with Gasteiger partial charge in [0.25, 0.3) is 0 Å². The molecule has 9 heteroatoms. The van der Waals surface area contributed by atoms with Crippen LogP contribution in [0.2, 0.25) is 10.0 Å². The second kappa shape index (κ2) is 11.3. The molecule has 2 aromatic carbocycles. The maximum Gasteiger partial charge on any atom is 0.351 e. The smallest absolute Gasteiger partial charge is 0.351 e. The minimum absolute atomic E-state index is 0.579. The number of ether oxygens (including phenoxy) is 2. The molecule has 27 heavy (non-hydrogen) atoms. The largest absolute Gasteiger partial charge is 0.539 e. The predicted octanol–water partition coefficient (Wildman–Crippen LogP) is 1.10. The Hall–Kier alpha value is -2.48. The molecule has 0 amide bonds. The second-order valence-corrected chi connectivity index (χ2v) is 6.01. The average Bonchev–Trinajstić information content (AvgIpc) is 2.64. The number of quaternary nitrogens is 1. The monoisotopic (exact) mass is 415 g/mol. The molecule has 0 saturated heterocycles. The Bertz CT molecular complexity index is 785. The van der Waals surface area contributed by atoms with Crippen LogP contribution in [0.4, 0.5) is 0 Å². The summed E-state index contributed by atoms with van der Waals surface area (Å²) < 4.78 is 10.7. The van der Waals surface area contributed by atoms with Gasteiger partial charge in [-0.1, -0.05) is 35.3 Å². The molecular formula is C18H19Cl2NO6. The molecule has 2 rings (SSSR count). The van der Waals surface area contributed by atoms with Crippen LogP contribution in [0.15, 0.2) is 36.4 Å². The van der Waals surface area contributed by atoms with Crippen LogP contribution < -0.4 is 19.9 Å². The zero-order chi connectivity index (χ0) is 20.4. The Morgan fingerprint density at radius 1 is 1.07 bits per heavy atom. The van der Waals surface area contributed by atoms with Gasteiger partial charge in [-0.05, 0) is 24.3 Å². The molecule has 0 heterocycles. The summed E-state index contributed by atoms with van der Waals surface area (Å²) in [5.74, 6) is -2.48. The Morgan fingerprint density at radius 3 is 2.26 bits per heavy atom. The number of para-hydroxylation sites is 1. The van der Waals surface area contributed by atoms with Crippen molar-refractivity contribution in [3.8, 4) is 11.5 Å². The fraction of sp³-hybridized carbons (Fsp3) is 0.222. The van der Waals surface area contributed by atoms with Crippen LogP contribution in [0.1, 0.15) is 11.1 Å². The number of hydrogen-bond acceptors (Lipinski definition) is 5. The van der Waals surface area contributed by atoms with Gasteiger partial charge in [-0.15, -0.1) is 0 Å². The van der Waals surface area contributed by atoms with Gasteiger partial charge in [0, 0.05) is 5.56 Å². The number of halogens is 2. The molecule has 7 nitrogen and oxygen atoms in total.